The van der Waals surface area contributed by atoms with E-state index in [1.54, 1.807) is 0 Å². The molecule has 88 valence electrons. The fraction of sp³-hybridized carbons (Fsp3) is 0.267. The number of benzene rings is 1. The summed E-state index contributed by atoms with van der Waals surface area (Å²) >= 11 is 0. The van der Waals surface area contributed by atoms with Crippen LogP contribution in [0.5, 0.6) is 5.75 Å². The van der Waals surface area contributed by atoms with Gasteiger partial charge in [0, 0.05) is 18.8 Å². The van der Waals surface area contributed by atoms with E-state index < -0.39 is 0 Å². The largest absolute Gasteiger partial charge is 0.493 e. The topological polar surface area (TPSA) is 22.1 Å². The summed E-state index contributed by atoms with van der Waals surface area (Å²) in [6.07, 6.45) is 4.54. The molecule has 17 heavy (non-hydrogen) atoms. The van der Waals surface area contributed by atoms with Crippen LogP contribution >= 0.6 is 0 Å². The predicted molar refractivity (Wildman–Crippen MR) is 69.4 cm³/mol. The third-order valence-corrected chi connectivity index (χ3v) is 2.80. The Labute approximate surface area is 102 Å². The van der Waals surface area contributed by atoms with Gasteiger partial charge in [-0.3, -0.25) is 4.98 Å². The maximum absolute atomic E-state index is 5.85. The molecule has 2 heteroatoms. The van der Waals surface area contributed by atoms with Gasteiger partial charge in [0.15, 0.2) is 0 Å². The lowest BCUT2D eigenvalue weighted by Crippen LogP contribution is -2.03. The van der Waals surface area contributed by atoms with Gasteiger partial charge in [-0.15, -0.1) is 0 Å². The first kappa shape index (κ1) is 11.6. The van der Waals surface area contributed by atoms with Crippen LogP contribution in [0.3, 0.4) is 0 Å². The molecule has 0 fully saturated rings. The van der Waals surface area contributed by atoms with Crippen molar-refractivity contribution in [2.45, 2.75) is 20.3 Å². The number of aryl methyl sites for hydroxylation is 2. The number of nitrogens with zero attached hydrogens (tertiary/aromatic N) is 1. The maximum atomic E-state index is 5.85. The van der Waals surface area contributed by atoms with Gasteiger partial charge in [-0.2, -0.15) is 0 Å². The fourth-order valence-electron chi connectivity index (χ4n) is 1.85. The van der Waals surface area contributed by atoms with E-state index in [1.165, 1.54) is 16.7 Å². The minimum absolute atomic E-state index is 0.704. The van der Waals surface area contributed by atoms with Gasteiger partial charge >= 0.3 is 0 Å². The van der Waals surface area contributed by atoms with Gasteiger partial charge in [0.1, 0.15) is 5.75 Å². The molecule has 0 aliphatic rings. The minimum Gasteiger partial charge on any atom is -0.493 e. The second kappa shape index (κ2) is 5.48. The lowest BCUT2D eigenvalue weighted by molar-refractivity contribution is 0.317. The van der Waals surface area contributed by atoms with Crippen LogP contribution in [-0.4, -0.2) is 11.6 Å². The van der Waals surface area contributed by atoms with Crippen LogP contribution in [-0.2, 0) is 6.42 Å². The number of para-hydroxylation sites is 1. The first-order valence-corrected chi connectivity index (χ1v) is 5.85. The summed E-state index contributed by atoms with van der Waals surface area (Å²) in [5.41, 5.74) is 3.64. The fourth-order valence-corrected chi connectivity index (χ4v) is 1.85. The predicted octanol–water partition coefficient (Wildman–Crippen LogP) is 3.32. The summed E-state index contributed by atoms with van der Waals surface area (Å²) in [6.45, 7) is 4.86. The highest BCUT2D eigenvalue weighted by Gasteiger charge is 2.02. The summed E-state index contributed by atoms with van der Waals surface area (Å²) in [7, 11) is 0. The van der Waals surface area contributed by atoms with Crippen molar-refractivity contribution in [2.75, 3.05) is 6.61 Å². The quantitative estimate of drug-likeness (QED) is 0.799. The average Bonchev–Trinajstić information content (AvgIpc) is 2.34. The highest BCUT2D eigenvalue weighted by Crippen LogP contribution is 2.22. The lowest BCUT2D eigenvalue weighted by Gasteiger charge is -2.11. The Morgan fingerprint density at radius 3 is 2.29 bits per heavy atom. The van der Waals surface area contributed by atoms with E-state index in [0.717, 1.165) is 12.2 Å². The molecule has 2 nitrogen and oxygen atoms in total. The molecule has 1 aromatic carbocycles. The van der Waals surface area contributed by atoms with Crippen molar-refractivity contribution in [2.24, 2.45) is 0 Å². The number of ether oxygens (including phenoxy) is 1. The number of pyridine rings is 1. The van der Waals surface area contributed by atoms with Crippen molar-refractivity contribution in [3.05, 3.63) is 59.4 Å². The summed E-state index contributed by atoms with van der Waals surface area (Å²) in [4.78, 5) is 4.00. The van der Waals surface area contributed by atoms with Crippen molar-refractivity contribution < 1.29 is 4.74 Å². The van der Waals surface area contributed by atoms with E-state index >= 15 is 0 Å². The number of rotatable bonds is 4. The molecule has 0 radical (unpaired) electrons. The highest BCUT2D eigenvalue weighted by molar-refractivity contribution is 5.39. The highest BCUT2D eigenvalue weighted by atomic mass is 16.5. The molecule has 0 aliphatic heterocycles. The summed E-state index contributed by atoms with van der Waals surface area (Å²) < 4.78 is 5.85. The summed E-state index contributed by atoms with van der Waals surface area (Å²) in [5.74, 6) is 1.02. The number of aromatic nitrogens is 1. The normalized spacial score (nSPS) is 10.2. The SMILES string of the molecule is Cc1cccc(C)c1OCCc1ccncc1. The second-order valence-corrected chi connectivity index (χ2v) is 4.17. The molecule has 2 rings (SSSR count). The Morgan fingerprint density at radius 2 is 1.65 bits per heavy atom. The Hall–Kier alpha value is -1.83. The van der Waals surface area contributed by atoms with E-state index in [-0.39, 0.29) is 0 Å². The third-order valence-electron chi connectivity index (χ3n) is 2.80. The first-order valence-electron chi connectivity index (χ1n) is 5.85. The zero-order chi connectivity index (χ0) is 12.1. The lowest BCUT2D eigenvalue weighted by atomic mass is 10.1. The van der Waals surface area contributed by atoms with E-state index in [1.807, 2.05) is 24.5 Å². The minimum atomic E-state index is 0.704. The smallest absolute Gasteiger partial charge is 0.125 e. The van der Waals surface area contributed by atoms with Gasteiger partial charge < -0.3 is 4.74 Å². The van der Waals surface area contributed by atoms with Gasteiger partial charge in [-0.05, 0) is 42.7 Å². The van der Waals surface area contributed by atoms with E-state index in [4.69, 9.17) is 4.74 Å². The second-order valence-electron chi connectivity index (χ2n) is 4.17. The van der Waals surface area contributed by atoms with Gasteiger partial charge in [-0.25, -0.2) is 0 Å². The zero-order valence-electron chi connectivity index (χ0n) is 10.3. The number of hydrogen-bond acceptors (Lipinski definition) is 2. The molecule has 2 aromatic rings. The maximum Gasteiger partial charge on any atom is 0.125 e. The molecule has 0 atom stereocenters. The number of hydrogen-bond donors (Lipinski definition) is 0. The van der Waals surface area contributed by atoms with E-state index in [0.29, 0.717) is 6.61 Å². The standard InChI is InChI=1S/C15H17NO/c1-12-4-3-5-13(2)15(12)17-11-8-14-6-9-16-10-7-14/h3-7,9-10H,8,11H2,1-2H3. The van der Waals surface area contributed by atoms with Crippen molar-refractivity contribution in [1.82, 2.24) is 4.98 Å². The Kier molecular flexibility index (Phi) is 3.76. The van der Waals surface area contributed by atoms with Crippen molar-refractivity contribution in [3.63, 3.8) is 0 Å². The molecule has 0 amide bonds. The van der Waals surface area contributed by atoms with Gasteiger partial charge in [0.25, 0.3) is 0 Å². The first-order chi connectivity index (χ1) is 8.27. The third kappa shape index (κ3) is 3.06. The molecule has 0 saturated carbocycles. The summed E-state index contributed by atoms with van der Waals surface area (Å²) in [5, 5.41) is 0. The molecular formula is C15H17NO. The molecule has 0 N–H and O–H groups in total. The van der Waals surface area contributed by atoms with Crippen LogP contribution in [0.2, 0.25) is 0 Å². The molecule has 0 unspecified atom stereocenters. The molecular weight excluding hydrogens is 210 g/mol. The van der Waals surface area contributed by atoms with Crippen LogP contribution < -0.4 is 4.74 Å². The molecule has 0 saturated heterocycles. The average molecular weight is 227 g/mol. The molecule has 0 aliphatic carbocycles. The molecule has 1 aromatic heterocycles. The van der Waals surface area contributed by atoms with Crippen LogP contribution in [0.15, 0.2) is 42.7 Å². The zero-order valence-corrected chi connectivity index (χ0v) is 10.3. The summed E-state index contributed by atoms with van der Waals surface area (Å²) in [6, 6.07) is 10.3. The molecule has 0 spiro atoms. The Morgan fingerprint density at radius 1 is 1.00 bits per heavy atom. The van der Waals surface area contributed by atoms with Crippen LogP contribution in [0.4, 0.5) is 0 Å². The van der Waals surface area contributed by atoms with Gasteiger partial charge in [-0.1, -0.05) is 18.2 Å². The van der Waals surface area contributed by atoms with E-state index in [9.17, 15) is 0 Å². The van der Waals surface area contributed by atoms with Gasteiger partial charge in [0.2, 0.25) is 0 Å². The van der Waals surface area contributed by atoms with Crippen molar-refractivity contribution >= 4 is 0 Å². The molecule has 1 heterocycles. The van der Waals surface area contributed by atoms with Crippen LogP contribution in [0.25, 0.3) is 0 Å². The van der Waals surface area contributed by atoms with Crippen LogP contribution in [0.1, 0.15) is 16.7 Å². The van der Waals surface area contributed by atoms with E-state index in [2.05, 4.69) is 37.0 Å². The van der Waals surface area contributed by atoms with Gasteiger partial charge in [0.05, 0.1) is 6.61 Å². The Bertz CT molecular complexity index is 459. The van der Waals surface area contributed by atoms with Crippen molar-refractivity contribution in [3.8, 4) is 5.75 Å². The molecule has 0 bridgehead atoms. The van der Waals surface area contributed by atoms with Crippen molar-refractivity contribution in [1.29, 1.82) is 0 Å². The Balaban J connectivity index is 1.95. The van der Waals surface area contributed by atoms with Crippen LogP contribution in [0, 0.1) is 13.8 Å². The monoisotopic (exact) mass is 227 g/mol.